The first kappa shape index (κ1) is 13.6. The van der Waals surface area contributed by atoms with E-state index in [2.05, 4.69) is 6.07 Å². The number of hydrogen-bond donors (Lipinski definition) is 0. The summed E-state index contributed by atoms with van der Waals surface area (Å²) in [7, 11) is 0. The lowest BCUT2D eigenvalue weighted by molar-refractivity contribution is 0.174. The van der Waals surface area contributed by atoms with Crippen LogP contribution in [0, 0.1) is 18.3 Å². The number of fused-ring (bicyclic) bond motifs is 2. The number of pyridine rings is 1. The third-order valence-electron chi connectivity index (χ3n) is 4.05. The molecular weight excluding hydrogens is 290 g/mol. The summed E-state index contributed by atoms with van der Waals surface area (Å²) in [6, 6.07) is 12.1. The zero-order valence-corrected chi connectivity index (χ0v) is 12.9. The lowest BCUT2D eigenvalue weighted by Crippen LogP contribution is -1.99. The first-order valence-electron chi connectivity index (χ1n) is 7.45. The zero-order chi connectivity index (χ0) is 16.0. The summed E-state index contributed by atoms with van der Waals surface area (Å²) in [6.07, 6.45) is 2.02. The normalized spacial score (nSPS) is 14.0. The van der Waals surface area contributed by atoms with Gasteiger partial charge in [0.2, 0.25) is 6.79 Å². The molecule has 0 fully saturated rings. The third kappa shape index (κ3) is 2.11. The van der Waals surface area contributed by atoms with Gasteiger partial charge in [-0.2, -0.15) is 5.26 Å². The van der Waals surface area contributed by atoms with Gasteiger partial charge in [0, 0.05) is 11.8 Å². The molecule has 0 N–H and O–H groups in total. The molecule has 0 bridgehead atoms. The van der Waals surface area contributed by atoms with E-state index in [1.165, 1.54) is 0 Å². The minimum atomic E-state index is -0.271. The van der Waals surface area contributed by atoms with Crippen LogP contribution in [0.25, 0.3) is 16.9 Å². The highest BCUT2D eigenvalue weighted by Gasteiger charge is 2.21. The molecule has 0 radical (unpaired) electrons. The summed E-state index contributed by atoms with van der Waals surface area (Å²) in [6.45, 7) is 4.16. The van der Waals surface area contributed by atoms with Crippen LogP contribution in [0.1, 0.15) is 24.1 Å². The van der Waals surface area contributed by atoms with Crippen molar-refractivity contribution in [3.05, 3.63) is 47.8 Å². The van der Waals surface area contributed by atoms with Crippen molar-refractivity contribution < 1.29 is 9.47 Å². The van der Waals surface area contributed by atoms with Gasteiger partial charge in [-0.15, -0.1) is 0 Å². The molecule has 5 nitrogen and oxygen atoms in total. The Morgan fingerprint density at radius 3 is 2.87 bits per heavy atom. The Hall–Kier alpha value is -3.00. The number of hydrogen-bond acceptors (Lipinski definition) is 4. The van der Waals surface area contributed by atoms with Crippen LogP contribution in [0.4, 0.5) is 0 Å². The second-order valence-electron chi connectivity index (χ2n) is 5.70. The van der Waals surface area contributed by atoms with E-state index in [1.807, 2.05) is 54.8 Å². The Morgan fingerprint density at radius 2 is 2.04 bits per heavy atom. The van der Waals surface area contributed by atoms with E-state index in [9.17, 15) is 5.26 Å². The molecule has 3 heterocycles. The molecule has 1 unspecified atom stereocenters. The summed E-state index contributed by atoms with van der Waals surface area (Å²) >= 11 is 0. The number of rotatable bonds is 2. The van der Waals surface area contributed by atoms with Crippen LogP contribution in [-0.4, -0.2) is 16.2 Å². The number of nitriles is 1. The van der Waals surface area contributed by atoms with Crippen LogP contribution in [0.2, 0.25) is 0 Å². The van der Waals surface area contributed by atoms with E-state index in [1.54, 1.807) is 0 Å². The maximum Gasteiger partial charge on any atom is 0.231 e. The summed E-state index contributed by atoms with van der Waals surface area (Å²) in [5.74, 6) is 1.18. The lowest BCUT2D eigenvalue weighted by atomic mass is 10.0. The molecule has 114 valence electrons. The number of nitrogens with zero attached hydrogens (tertiary/aromatic N) is 3. The van der Waals surface area contributed by atoms with Gasteiger partial charge in [0.25, 0.3) is 0 Å². The summed E-state index contributed by atoms with van der Waals surface area (Å²) in [5.41, 5.74) is 4.58. The summed E-state index contributed by atoms with van der Waals surface area (Å²) in [4.78, 5) is 4.73. The standard InChI is InChI=1S/C18H15N3O2/c1-11-3-6-16-20-17(18(12(2)8-19)21(16)9-11)13-4-5-14-15(7-13)23-10-22-14/h3-7,9,12H,10H2,1-2H3. The zero-order valence-electron chi connectivity index (χ0n) is 12.9. The van der Waals surface area contributed by atoms with Gasteiger partial charge in [-0.1, -0.05) is 6.07 Å². The molecule has 1 aliphatic heterocycles. The molecule has 0 spiro atoms. The van der Waals surface area contributed by atoms with Crippen LogP contribution in [0.5, 0.6) is 11.5 Å². The molecule has 5 heteroatoms. The van der Waals surface area contributed by atoms with E-state index in [0.29, 0.717) is 5.75 Å². The van der Waals surface area contributed by atoms with Gasteiger partial charge in [0.1, 0.15) is 5.65 Å². The second-order valence-corrected chi connectivity index (χ2v) is 5.70. The van der Waals surface area contributed by atoms with Gasteiger partial charge in [0.05, 0.1) is 23.4 Å². The van der Waals surface area contributed by atoms with Crippen molar-refractivity contribution >= 4 is 5.65 Å². The highest BCUT2D eigenvalue weighted by atomic mass is 16.7. The molecule has 2 aromatic heterocycles. The second kappa shape index (κ2) is 5.03. The van der Waals surface area contributed by atoms with E-state index in [0.717, 1.165) is 33.9 Å². The molecule has 0 amide bonds. The van der Waals surface area contributed by atoms with E-state index >= 15 is 0 Å². The topological polar surface area (TPSA) is 59.5 Å². The first-order valence-corrected chi connectivity index (χ1v) is 7.45. The van der Waals surface area contributed by atoms with Gasteiger partial charge in [-0.3, -0.25) is 0 Å². The smallest absolute Gasteiger partial charge is 0.231 e. The fourth-order valence-corrected chi connectivity index (χ4v) is 2.90. The van der Waals surface area contributed by atoms with E-state index in [4.69, 9.17) is 14.5 Å². The number of aryl methyl sites for hydroxylation is 1. The van der Waals surface area contributed by atoms with Gasteiger partial charge < -0.3 is 13.9 Å². The van der Waals surface area contributed by atoms with Crippen LogP contribution < -0.4 is 9.47 Å². The maximum atomic E-state index is 9.43. The van der Waals surface area contributed by atoms with Gasteiger partial charge in [-0.25, -0.2) is 4.98 Å². The van der Waals surface area contributed by atoms with Crippen molar-refractivity contribution in [1.82, 2.24) is 9.38 Å². The number of benzene rings is 1. The number of ether oxygens (including phenoxy) is 2. The Balaban J connectivity index is 1.97. The van der Waals surface area contributed by atoms with Crippen molar-refractivity contribution in [3.63, 3.8) is 0 Å². The van der Waals surface area contributed by atoms with Crippen LogP contribution in [0.3, 0.4) is 0 Å². The molecule has 0 aliphatic carbocycles. The largest absolute Gasteiger partial charge is 0.454 e. The summed E-state index contributed by atoms with van der Waals surface area (Å²) in [5, 5.41) is 9.43. The quantitative estimate of drug-likeness (QED) is 0.725. The third-order valence-corrected chi connectivity index (χ3v) is 4.05. The van der Waals surface area contributed by atoms with Crippen molar-refractivity contribution in [3.8, 4) is 28.8 Å². The average molecular weight is 305 g/mol. The molecule has 0 saturated heterocycles. The van der Waals surface area contributed by atoms with E-state index < -0.39 is 0 Å². The van der Waals surface area contributed by atoms with Gasteiger partial charge in [-0.05, 0) is 43.7 Å². The highest BCUT2D eigenvalue weighted by molar-refractivity contribution is 5.70. The Kier molecular flexibility index (Phi) is 2.98. The van der Waals surface area contributed by atoms with Crippen molar-refractivity contribution in [2.45, 2.75) is 19.8 Å². The van der Waals surface area contributed by atoms with Crippen LogP contribution in [0.15, 0.2) is 36.5 Å². The molecular formula is C18H15N3O2. The molecule has 0 saturated carbocycles. The van der Waals surface area contributed by atoms with Crippen molar-refractivity contribution in [2.75, 3.05) is 6.79 Å². The molecule has 1 aliphatic rings. The molecule has 3 aromatic rings. The Morgan fingerprint density at radius 1 is 1.22 bits per heavy atom. The minimum Gasteiger partial charge on any atom is -0.454 e. The Labute approximate surface area is 133 Å². The van der Waals surface area contributed by atoms with Crippen LogP contribution >= 0.6 is 0 Å². The lowest BCUT2D eigenvalue weighted by Gasteiger charge is -2.08. The SMILES string of the molecule is Cc1ccc2nc(-c3ccc4c(c3)OCO4)c(C(C)C#N)n2c1. The van der Waals surface area contributed by atoms with E-state index in [-0.39, 0.29) is 12.7 Å². The van der Waals surface area contributed by atoms with Crippen molar-refractivity contribution in [2.24, 2.45) is 0 Å². The van der Waals surface area contributed by atoms with Gasteiger partial charge in [0.15, 0.2) is 11.5 Å². The number of aromatic nitrogens is 2. The molecule has 23 heavy (non-hydrogen) atoms. The van der Waals surface area contributed by atoms with Crippen LogP contribution in [-0.2, 0) is 0 Å². The average Bonchev–Trinajstić information content (AvgIpc) is 3.17. The fourth-order valence-electron chi connectivity index (χ4n) is 2.90. The monoisotopic (exact) mass is 305 g/mol. The minimum absolute atomic E-state index is 0.241. The molecule has 1 atom stereocenters. The summed E-state index contributed by atoms with van der Waals surface area (Å²) < 4.78 is 12.8. The molecule has 1 aromatic carbocycles. The highest BCUT2D eigenvalue weighted by Crippen LogP contribution is 2.38. The predicted octanol–water partition coefficient (Wildman–Crippen LogP) is 3.67. The fraction of sp³-hybridized carbons (Fsp3) is 0.222. The maximum absolute atomic E-state index is 9.43. The molecule has 4 rings (SSSR count). The number of imidazole rings is 1. The first-order chi connectivity index (χ1) is 11.2. The van der Waals surface area contributed by atoms with Gasteiger partial charge >= 0.3 is 0 Å². The predicted molar refractivity (Wildman–Crippen MR) is 85.5 cm³/mol. The van der Waals surface area contributed by atoms with Crippen molar-refractivity contribution in [1.29, 1.82) is 5.26 Å². The Bertz CT molecular complexity index is 953.